The first kappa shape index (κ1) is 15.5. The van der Waals surface area contributed by atoms with Crippen LogP contribution in [0.5, 0.6) is 0 Å². The molecule has 0 aliphatic carbocycles. The molecule has 7 heteroatoms. The summed E-state index contributed by atoms with van der Waals surface area (Å²) < 4.78 is 34.1. The van der Waals surface area contributed by atoms with Crippen molar-refractivity contribution in [2.45, 2.75) is 18.2 Å². The van der Waals surface area contributed by atoms with E-state index in [0.717, 1.165) is 13.0 Å². The lowest BCUT2D eigenvalue weighted by atomic mass is 10.2. The van der Waals surface area contributed by atoms with Gasteiger partial charge in [0.1, 0.15) is 5.75 Å². The normalized spacial score (nSPS) is 18.1. The fourth-order valence-electron chi connectivity index (χ4n) is 1.48. The van der Waals surface area contributed by atoms with Crippen LogP contribution in [0.4, 0.5) is 0 Å². The van der Waals surface area contributed by atoms with E-state index in [9.17, 15) is 13.2 Å². The van der Waals surface area contributed by atoms with Gasteiger partial charge in [-0.25, -0.2) is 9.79 Å². The molecule has 6 nitrogen and oxygen atoms in total. The zero-order chi connectivity index (χ0) is 14.1. The van der Waals surface area contributed by atoms with E-state index in [1.165, 1.54) is 6.08 Å². The highest BCUT2D eigenvalue weighted by atomic mass is 32.2. The van der Waals surface area contributed by atoms with Gasteiger partial charge in [-0.3, -0.25) is 4.55 Å². The van der Waals surface area contributed by atoms with E-state index >= 15 is 0 Å². The van der Waals surface area contributed by atoms with Crippen LogP contribution in [-0.2, 0) is 25.4 Å². The molecule has 1 heterocycles. The summed E-state index contributed by atoms with van der Waals surface area (Å²) in [5, 5.41) is 0. The van der Waals surface area contributed by atoms with Crippen LogP contribution in [0.15, 0.2) is 35.3 Å². The van der Waals surface area contributed by atoms with Gasteiger partial charge in [0.15, 0.2) is 0 Å². The van der Waals surface area contributed by atoms with Crippen molar-refractivity contribution in [3.8, 4) is 0 Å². The number of rotatable bonds is 3. The third-order valence-corrected chi connectivity index (χ3v) is 3.03. The van der Waals surface area contributed by atoms with E-state index in [1.54, 1.807) is 30.3 Å². The average molecular weight is 285 g/mol. The molecule has 0 bridgehead atoms. The summed E-state index contributed by atoms with van der Waals surface area (Å²) in [6.07, 6.45) is 2.37. The first-order chi connectivity index (χ1) is 9.01. The van der Waals surface area contributed by atoms with Crippen molar-refractivity contribution in [1.82, 2.24) is 0 Å². The molecule has 1 atom stereocenters. The number of aliphatic imine (C=N–C) groups is 1. The Morgan fingerprint density at radius 1 is 1.37 bits per heavy atom. The molecule has 1 N–H and O–H groups in total. The number of ether oxygens (including phenoxy) is 1. The molecule has 1 aromatic carbocycles. The Bertz CT molecular complexity index is 516. The van der Waals surface area contributed by atoms with E-state index in [0.29, 0.717) is 12.2 Å². The second-order valence-corrected chi connectivity index (χ2v) is 5.40. The third-order valence-electron chi connectivity index (χ3n) is 2.33. The number of carbonyl (C=O) groups excluding carboxylic acids is 1. The maximum atomic E-state index is 10.4. The van der Waals surface area contributed by atoms with Gasteiger partial charge in [0.05, 0.1) is 12.6 Å². The number of hydrogen-bond acceptors (Lipinski definition) is 5. The molecule has 1 saturated heterocycles. The summed E-state index contributed by atoms with van der Waals surface area (Å²) >= 11 is 0. The fraction of sp³-hybridized carbons (Fsp3) is 0.417. The van der Waals surface area contributed by atoms with Crippen LogP contribution in [0.25, 0.3) is 0 Å². The molecule has 0 amide bonds. The van der Waals surface area contributed by atoms with Gasteiger partial charge in [0, 0.05) is 6.61 Å². The minimum absolute atomic E-state index is 0.0903. The average Bonchev–Trinajstić information content (AvgIpc) is 2.82. The maximum absolute atomic E-state index is 10.4. The molecule has 0 unspecified atom stereocenters. The summed E-state index contributed by atoms with van der Waals surface area (Å²) in [7, 11) is -3.88. The smallest absolute Gasteiger partial charge is 0.269 e. The second-order valence-electron chi connectivity index (χ2n) is 3.95. The SMILES string of the molecule is O=C=N[C@@H]1CCOC1.O=S(=O)(O)Cc1ccccc1. The largest absolute Gasteiger partial charge is 0.379 e. The molecule has 2 rings (SSSR count). The highest BCUT2D eigenvalue weighted by molar-refractivity contribution is 7.85. The molecule has 19 heavy (non-hydrogen) atoms. The fourth-order valence-corrected chi connectivity index (χ4v) is 2.10. The lowest BCUT2D eigenvalue weighted by molar-refractivity contribution is 0.194. The van der Waals surface area contributed by atoms with Crippen molar-refractivity contribution >= 4 is 16.2 Å². The van der Waals surface area contributed by atoms with Crippen LogP contribution in [-0.4, -0.2) is 38.3 Å². The van der Waals surface area contributed by atoms with E-state index in [-0.39, 0.29) is 11.8 Å². The van der Waals surface area contributed by atoms with Crippen LogP contribution in [0.3, 0.4) is 0 Å². The molecule has 1 aliphatic rings. The monoisotopic (exact) mass is 285 g/mol. The second kappa shape index (κ2) is 7.81. The number of hydrogen-bond donors (Lipinski definition) is 1. The number of benzene rings is 1. The van der Waals surface area contributed by atoms with Crippen molar-refractivity contribution in [3.63, 3.8) is 0 Å². The molecule has 1 aromatic rings. The van der Waals surface area contributed by atoms with Gasteiger partial charge in [-0.15, -0.1) is 0 Å². The molecule has 0 spiro atoms. The summed E-state index contributed by atoms with van der Waals surface area (Å²) in [5.74, 6) is -0.312. The van der Waals surface area contributed by atoms with Crippen molar-refractivity contribution in [1.29, 1.82) is 0 Å². The Kier molecular flexibility index (Phi) is 6.38. The predicted molar refractivity (Wildman–Crippen MR) is 69.0 cm³/mol. The molecular weight excluding hydrogens is 270 g/mol. The van der Waals surface area contributed by atoms with Gasteiger partial charge >= 0.3 is 0 Å². The van der Waals surface area contributed by atoms with Gasteiger partial charge < -0.3 is 4.74 Å². The molecule has 104 valence electrons. The predicted octanol–water partition coefficient (Wildman–Crippen LogP) is 1.19. The van der Waals surface area contributed by atoms with Gasteiger partial charge in [-0.1, -0.05) is 30.3 Å². The minimum atomic E-state index is -3.88. The van der Waals surface area contributed by atoms with Crippen LogP contribution >= 0.6 is 0 Å². The Hall–Kier alpha value is -1.53. The van der Waals surface area contributed by atoms with Gasteiger partial charge in [-0.2, -0.15) is 8.42 Å². The molecule has 1 aliphatic heterocycles. The molecule has 0 saturated carbocycles. The van der Waals surface area contributed by atoms with Gasteiger partial charge in [0.25, 0.3) is 10.1 Å². The van der Waals surface area contributed by atoms with Crippen molar-refractivity contribution < 1.29 is 22.5 Å². The van der Waals surface area contributed by atoms with Crippen molar-refractivity contribution in [2.75, 3.05) is 13.2 Å². The lowest BCUT2D eigenvalue weighted by Gasteiger charge is -1.95. The topological polar surface area (TPSA) is 93.0 Å². The Morgan fingerprint density at radius 2 is 2.05 bits per heavy atom. The Morgan fingerprint density at radius 3 is 2.53 bits per heavy atom. The van der Waals surface area contributed by atoms with Crippen LogP contribution in [0, 0.1) is 0 Å². The van der Waals surface area contributed by atoms with E-state index < -0.39 is 10.1 Å². The molecular formula is C12H15NO5S. The van der Waals surface area contributed by atoms with Crippen molar-refractivity contribution in [2.24, 2.45) is 4.99 Å². The van der Waals surface area contributed by atoms with Crippen LogP contribution < -0.4 is 0 Å². The minimum Gasteiger partial charge on any atom is -0.379 e. The maximum Gasteiger partial charge on any atom is 0.269 e. The number of isocyanates is 1. The van der Waals surface area contributed by atoms with E-state index in [4.69, 9.17) is 9.29 Å². The summed E-state index contributed by atoms with van der Waals surface area (Å²) in [4.78, 5) is 13.1. The highest BCUT2D eigenvalue weighted by Crippen LogP contribution is 2.05. The highest BCUT2D eigenvalue weighted by Gasteiger charge is 2.12. The van der Waals surface area contributed by atoms with Crippen LogP contribution in [0.1, 0.15) is 12.0 Å². The lowest BCUT2D eigenvalue weighted by Crippen LogP contribution is -2.00. The Balaban J connectivity index is 0.000000200. The Labute approximate surface area is 111 Å². The summed E-state index contributed by atoms with van der Waals surface area (Å²) in [6, 6.07) is 8.61. The van der Waals surface area contributed by atoms with Gasteiger partial charge in [-0.05, 0) is 12.0 Å². The van der Waals surface area contributed by atoms with Crippen molar-refractivity contribution in [3.05, 3.63) is 35.9 Å². The molecule has 1 fully saturated rings. The zero-order valence-corrected chi connectivity index (χ0v) is 11.0. The summed E-state index contributed by atoms with van der Waals surface area (Å²) in [6.45, 7) is 1.32. The molecule has 0 radical (unpaired) electrons. The molecule has 0 aromatic heterocycles. The quantitative estimate of drug-likeness (QED) is 0.511. The van der Waals surface area contributed by atoms with Gasteiger partial charge in [0.2, 0.25) is 6.08 Å². The van der Waals surface area contributed by atoms with Crippen LogP contribution in [0.2, 0.25) is 0 Å². The number of nitrogens with zero attached hydrogens (tertiary/aromatic N) is 1. The van der Waals surface area contributed by atoms with E-state index in [2.05, 4.69) is 4.99 Å². The zero-order valence-electron chi connectivity index (χ0n) is 10.2. The first-order valence-corrected chi connectivity index (χ1v) is 7.26. The third kappa shape index (κ3) is 7.48. The summed E-state index contributed by atoms with van der Waals surface area (Å²) in [5.41, 5.74) is 0.593. The van der Waals surface area contributed by atoms with E-state index in [1.807, 2.05) is 0 Å². The first-order valence-electron chi connectivity index (χ1n) is 5.65. The standard InChI is InChI=1S/C7H8O3S.C5H7NO2/c8-11(9,10)6-7-4-2-1-3-5-7;7-4-6-5-1-2-8-3-5/h1-5H,6H2,(H,8,9,10);5H,1-3H2/t;5-/m.1/s1.